The van der Waals surface area contributed by atoms with E-state index in [1.807, 2.05) is 67.3 Å². The van der Waals surface area contributed by atoms with Gasteiger partial charge in [0.2, 0.25) is 0 Å². The lowest BCUT2D eigenvalue weighted by Crippen LogP contribution is -2.42. The van der Waals surface area contributed by atoms with E-state index in [1.54, 1.807) is 12.1 Å². The highest BCUT2D eigenvalue weighted by molar-refractivity contribution is 7.80. The number of rotatable bonds is 4. The maximum Gasteiger partial charge on any atom is 0.257 e. The molecule has 2 aromatic carbocycles. The van der Waals surface area contributed by atoms with E-state index in [0.29, 0.717) is 30.7 Å². The minimum Gasteiger partial charge on any atom is -0.370 e. The first kappa shape index (κ1) is 22.2. The Balaban J connectivity index is 1.70. The van der Waals surface area contributed by atoms with Crippen LogP contribution in [0, 0.1) is 11.3 Å². The van der Waals surface area contributed by atoms with Gasteiger partial charge in [-0.2, -0.15) is 5.26 Å². The largest absolute Gasteiger partial charge is 0.370 e. The summed E-state index contributed by atoms with van der Waals surface area (Å²) >= 11 is 7.19. The number of thiocarbonyl (C=S) groups is 1. The topological polar surface area (TPSA) is 65.4 Å². The molecule has 3 aromatic rings. The summed E-state index contributed by atoms with van der Waals surface area (Å²) in [6.07, 6.45) is 0.657. The number of hydrogen-bond acceptors (Lipinski definition) is 5. The lowest BCUT2D eigenvalue weighted by molar-refractivity contribution is -0.0383. The van der Waals surface area contributed by atoms with Crippen LogP contribution in [0.2, 0.25) is 0 Å². The molecule has 1 aromatic heterocycles. The van der Waals surface area contributed by atoms with Gasteiger partial charge in [0.15, 0.2) is 5.11 Å². The fourth-order valence-corrected chi connectivity index (χ4v) is 5.16. The highest BCUT2D eigenvalue weighted by atomic mass is 32.1. The predicted molar refractivity (Wildman–Crippen MR) is 131 cm³/mol. The average Bonchev–Trinajstić information content (AvgIpc) is 3.14. The van der Waals surface area contributed by atoms with Crippen LogP contribution in [0.5, 0.6) is 0 Å². The van der Waals surface area contributed by atoms with E-state index in [9.17, 15) is 10.1 Å². The molecule has 2 heterocycles. The van der Waals surface area contributed by atoms with Gasteiger partial charge in [-0.25, -0.2) is 0 Å². The Bertz CT molecular complexity index is 1180. The standard InChI is InChI=1S/C25H23N3O2S2/c1-25(2)13-19-20(14-26)23(32-21(19)16-30-25)28(15-17-9-5-3-6-10-17)24(31)27-22(29)18-11-7-4-8-12-18/h3-12H,13,15-16H2,1-2H3,(H,27,29,31). The molecule has 162 valence electrons. The maximum absolute atomic E-state index is 12.8. The van der Waals surface area contributed by atoms with Gasteiger partial charge >= 0.3 is 0 Å². The van der Waals surface area contributed by atoms with Gasteiger partial charge in [0, 0.05) is 16.9 Å². The second-order valence-electron chi connectivity index (χ2n) is 8.22. The molecule has 4 rings (SSSR count). The number of nitriles is 1. The van der Waals surface area contributed by atoms with E-state index >= 15 is 0 Å². The molecule has 0 radical (unpaired) electrons. The Kier molecular flexibility index (Phi) is 6.38. The average molecular weight is 462 g/mol. The highest BCUT2D eigenvalue weighted by Crippen LogP contribution is 2.42. The Morgan fingerprint density at radius 3 is 2.50 bits per heavy atom. The molecule has 0 saturated heterocycles. The predicted octanol–water partition coefficient (Wildman–Crippen LogP) is 5.19. The number of carbonyl (C=O) groups excluding carboxylic acids is 1. The zero-order valence-electron chi connectivity index (χ0n) is 17.9. The van der Waals surface area contributed by atoms with Crippen LogP contribution in [0.25, 0.3) is 0 Å². The Morgan fingerprint density at radius 2 is 1.84 bits per heavy atom. The molecule has 1 amide bonds. The number of benzene rings is 2. The molecule has 0 unspecified atom stereocenters. The first-order valence-electron chi connectivity index (χ1n) is 10.3. The first-order valence-corrected chi connectivity index (χ1v) is 11.5. The van der Waals surface area contributed by atoms with Crippen molar-refractivity contribution in [1.82, 2.24) is 5.32 Å². The molecule has 0 bridgehead atoms. The SMILES string of the molecule is CC1(C)Cc2c(sc(N(Cc3ccccc3)C(=S)NC(=O)c3ccccc3)c2C#N)CO1. The van der Waals surface area contributed by atoms with Crippen LogP contribution in [0.1, 0.15) is 45.8 Å². The van der Waals surface area contributed by atoms with E-state index in [-0.39, 0.29) is 16.6 Å². The summed E-state index contributed by atoms with van der Waals surface area (Å²) in [5, 5.41) is 13.9. The van der Waals surface area contributed by atoms with Gasteiger partial charge in [0.25, 0.3) is 5.91 Å². The Morgan fingerprint density at radius 1 is 1.19 bits per heavy atom. The zero-order chi connectivity index (χ0) is 22.7. The van der Waals surface area contributed by atoms with Gasteiger partial charge in [-0.05, 0) is 49.3 Å². The van der Waals surface area contributed by atoms with Crippen LogP contribution < -0.4 is 10.2 Å². The van der Waals surface area contributed by atoms with Gasteiger partial charge in [-0.1, -0.05) is 48.5 Å². The van der Waals surface area contributed by atoms with E-state index in [2.05, 4.69) is 11.4 Å². The minimum absolute atomic E-state index is 0.262. The third kappa shape index (κ3) is 4.73. The third-order valence-corrected chi connectivity index (χ3v) is 6.86. The fourth-order valence-electron chi connectivity index (χ4n) is 3.67. The summed E-state index contributed by atoms with van der Waals surface area (Å²) < 4.78 is 5.97. The zero-order valence-corrected chi connectivity index (χ0v) is 19.6. The van der Waals surface area contributed by atoms with Crippen molar-refractivity contribution >= 4 is 39.6 Å². The van der Waals surface area contributed by atoms with Crippen LogP contribution in [0.4, 0.5) is 5.00 Å². The van der Waals surface area contributed by atoms with Gasteiger partial charge < -0.3 is 9.64 Å². The van der Waals surface area contributed by atoms with Gasteiger partial charge in [-0.3, -0.25) is 10.1 Å². The number of ether oxygens (including phenoxy) is 1. The molecule has 0 fully saturated rings. The van der Waals surface area contributed by atoms with Crippen LogP contribution >= 0.6 is 23.6 Å². The van der Waals surface area contributed by atoms with Crippen LogP contribution in [-0.2, 0) is 24.3 Å². The van der Waals surface area contributed by atoms with E-state index in [4.69, 9.17) is 17.0 Å². The number of fused-ring (bicyclic) bond motifs is 1. The van der Waals surface area contributed by atoms with Crippen molar-refractivity contribution in [2.45, 2.75) is 39.0 Å². The lowest BCUT2D eigenvalue weighted by atomic mass is 9.93. The first-order chi connectivity index (χ1) is 15.4. The van der Waals surface area contributed by atoms with Crippen molar-refractivity contribution in [3.8, 4) is 6.07 Å². The summed E-state index contributed by atoms with van der Waals surface area (Å²) in [4.78, 5) is 15.7. The van der Waals surface area contributed by atoms with Gasteiger partial charge in [0.05, 0.1) is 24.3 Å². The maximum atomic E-state index is 12.8. The Hall–Kier alpha value is -3.05. The molecular weight excluding hydrogens is 438 g/mol. The molecule has 32 heavy (non-hydrogen) atoms. The number of carbonyl (C=O) groups is 1. The Labute approximate surface area is 197 Å². The van der Waals surface area contributed by atoms with E-state index in [1.165, 1.54) is 11.3 Å². The van der Waals surface area contributed by atoms with E-state index in [0.717, 1.165) is 21.0 Å². The number of nitrogens with one attached hydrogen (secondary N) is 1. The van der Waals surface area contributed by atoms with E-state index < -0.39 is 0 Å². The summed E-state index contributed by atoms with van der Waals surface area (Å²) in [7, 11) is 0. The van der Waals surface area contributed by atoms with Crippen LogP contribution in [0.15, 0.2) is 60.7 Å². The number of nitrogens with zero attached hydrogens (tertiary/aromatic N) is 2. The summed E-state index contributed by atoms with van der Waals surface area (Å²) in [5.74, 6) is -0.280. The summed E-state index contributed by atoms with van der Waals surface area (Å²) in [6.45, 7) is 4.96. The van der Waals surface area contributed by atoms with Crippen molar-refractivity contribution in [2.75, 3.05) is 4.90 Å². The molecule has 1 aliphatic heterocycles. The normalized spacial score (nSPS) is 14.2. The number of thiophene rings is 1. The van der Waals surface area contributed by atoms with Crippen LogP contribution in [-0.4, -0.2) is 16.6 Å². The number of amides is 1. The molecule has 0 aliphatic carbocycles. The van der Waals surface area contributed by atoms with Crippen molar-refractivity contribution in [3.63, 3.8) is 0 Å². The molecule has 7 heteroatoms. The molecule has 0 saturated carbocycles. The molecule has 5 nitrogen and oxygen atoms in total. The summed E-state index contributed by atoms with van der Waals surface area (Å²) in [6, 6.07) is 21.2. The third-order valence-electron chi connectivity index (χ3n) is 5.31. The van der Waals surface area contributed by atoms with Crippen molar-refractivity contribution in [3.05, 3.63) is 87.8 Å². The lowest BCUT2D eigenvalue weighted by Gasteiger charge is -2.30. The van der Waals surface area contributed by atoms with Crippen molar-refractivity contribution < 1.29 is 9.53 Å². The highest BCUT2D eigenvalue weighted by Gasteiger charge is 2.33. The van der Waals surface area contributed by atoms with Crippen molar-refractivity contribution in [1.29, 1.82) is 5.26 Å². The second kappa shape index (κ2) is 9.21. The van der Waals surface area contributed by atoms with Gasteiger partial charge in [0.1, 0.15) is 11.1 Å². The molecule has 0 atom stereocenters. The summed E-state index contributed by atoms with van der Waals surface area (Å²) in [5.41, 5.74) is 2.84. The molecular formula is C25H23N3O2S2. The number of anilines is 1. The second-order valence-corrected chi connectivity index (χ2v) is 9.69. The molecule has 1 aliphatic rings. The minimum atomic E-state index is -0.330. The van der Waals surface area contributed by atoms with Crippen molar-refractivity contribution in [2.24, 2.45) is 0 Å². The monoisotopic (exact) mass is 461 g/mol. The van der Waals surface area contributed by atoms with Crippen LogP contribution in [0.3, 0.4) is 0 Å². The molecule has 1 N–H and O–H groups in total. The van der Waals surface area contributed by atoms with Gasteiger partial charge in [-0.15, -0.1) is 11.3 Å². The fraction of sp³-hybridized carbons (Fsp3) is 0.240. The number of hydrogen-bond donors (Lipinski definition) is 1. The smallest absolute Gasteiger partial charge is 0.257 e. The molecule has 0 spiro atoms. The quantitative estimate of drug-likeness (QED) is 0.542.